The molecular formula is C15H17ClF2N4OS. The predicted octanol–water partition coefficient (Wildman–Crippen LogP) is 3.57. The van der Waals surface area contributed by atoms with Gasteiger partial charge in [0.05, 0.1) is 17.7 Å². The molecular weight excluding hydrogens is 358 g/mol. The molecule has 1 aromatic heterocycles. The maximum atomic E-state index is 12.5. The van der Waals surface area contributed by atoms with Crippen LogP contribution in [-0.4, -0.2) is 24.6 Å². The van der Waals surface area contributed by atoms with Gasteiger partial charge >= 0.3 is 6.61 Å². The molecule has 0 fully saturated rings. The summed E-state index contributed by atoms with van der Waals surface area (Å²) in [5.41, 5.74) is 3.26. The first-order valence-electron chi connectivity index (χ1n) is 7.06. The minimum Gasteiger partial charge on any atom is -0.434 e. The molecule has 2 rings (SSSR count). The van der Waals surface area contributed by atoms with Crippen LogP contribution in [0, 0.1) is 6.92 Å². The Hall–Kier alpha value is -1.93. The highest BCUT2D eigenvalue weighted by Gasteiger charge is 2.11. The van der Waals surface area contributed by atoms with Crippen LogP contribution in [0.3, 0.4) is 0 Å². The first kappa shape index (κ1) is 18.4. The maximum Gasteiger partial charge on any atom is 0.387 e. The molecule has 5 nitrogen and oxygen atoms in total. The van der Waals surface area contributed by atoms with E-state index < -0.39 is 6.61 Å². The van der Waals surface area contributed by atoms with Gasteiger partial charge < -0.3 is 15.4 Å². The Labute approximate surface area is 147 Å². The molecule has 0 bridgehead atoms. The number of aryl methyl sites for hydroxylation is 1. The van der Waals surface area contributed by atoms with Crippen LogP contribution in [0.5, 0.6) is 5.75 Å². The second-order valence-electron chi connectivity index (χ2n) is 4.77. The number of aliphatic imine (C=N–C) groups is 1. The molecule has 0 saturated carbocycles. The van der Waals surface area contributed by atoms with Crippen molar-refractivity contribution in [2.24, 2.45) is 4.99 Å². The third kappa shape index (κ3) is 5.31. The number of thiazole rings is 1. The SMILES string of the molecule is CN=C(NCc1cc(Cl)ccc1OC(F)F)NCc1scnc1C. The first-order valence-corrected chi connectivity index (χ1v) is 8.32. The van der Waals surface area contributed by atoms with Crippen LogP contribution in [0.1, 0.15) is 16.1 Å². The first-order chi connectivity index (χ1) is 11.5. The molecule has 0 saturated heterocycles. The van der Waals surface area contributed by atoms with Crippen molar-refractivity contribution in [3.8, 4) is 5.75 Å². The number of nitrogens with one attached hydrogen (secondary N) is 2. The van der Waals surface area contributed by atoms with Gasteiger partial charge in [-0.15, -0.1) is 11.3 Å². The lowest BCUT2D eigenvalue weighted by atomic mass is 10.2. The number of guanidine groups is 1. The van der Waals surface area contributed by atoms with E-state index in [0.29, 0.717) is 23.1 Å². The van der Waals surface area contributed by atoms with Crippen LogP contribution in [0.2, 0.25) is 5.02 Å². The molecule has 130 valence electrons. The van der Waals surface area contributed by atoms with Gasteiger partial charge in [0, 0.05) is 29.1 Å². The molecule has 0 aliphatic rings. The van der Waals surface area contributed by atoms with E-state index in [2.05, 4.69) is 25.3 Å². The van der Waals surface area contributed by atoms with Crippen LogP contribution in [0.4, 0.5) is 8.78 Å². The number of hydrogen-bond acceptors (Lipinski definition) is 4. The van der Waals surface area contributed by atoms with Gasteiger partial charge in [-0.1, -0.05) is 11.6 Å². The Bertz CT molecular complexity index is 709. The van der Waals surface area contributed by atoms with E-state index in [1.807, 2.05) is 6.92 Å². The second-order valence-corrected chi connectivity index (χ2v) is 6.15. The topological polar surface area (TPSA) is 58.5 Å². The van der Waals surface area contributed by atoms with E-state index in [4.69, 9.17) is 11.6 Å². The molecule has 0 aliphatic heterocycles. The highest BCUT2D eigenvalue weighted by molar-refractivity contribution is 7.09. The Morgan fingerprint density at radius 3 is 2.75 bits per heavy atom. The molecule has 1 aromatic carbocycles. The summed E-state index contributed by atoms with van der Waals surface area (Å²) in [6.45, 7) is -0.142. The minimum atomic E-state index is -2.89. The van der Waals surface area contributed by atoms with Crippen molar-refractivity contribution in [2.75, 3.05) is 7.05 Å². The number of alkyl halides is 2. The average Bonchev–Trinajstić information content (AvgIpc) is 2.94. The summed E-state index contributed by atoms with van der Waals surface area (Å²) in [7, 11) is 1.63. The van der Waals surface area contributed by atoms with Crippen molar-refractivity contribution in [3.63, 3.8) is 0 Å². The number of ether oxygens (including phenoxy) is 1. The lowest BCUT2D eigenvalue weighted by Gasteiger charge is -2.14. The van der Waals surface area contributed by atoms with Gasteiger partial charge in [0.2, 0.25) is 0 Å². The number of hydrogen-bond donors (Lipinski definition) is 2. The molecule has 0 amide bonds. The van der Waals surface area contributed by atoms with E-state index >= 15 is 0 Å². The smallest absolute Gasteiger partial charge is 0.387 e. The average molecular weight is 375 g/mol. The lowest BCUT2D eigenvalue weighted by molar-refractivity contribution is -0.0504. The predicted molar refractivity (Wildman–Crippen MR) is 92.0 cm³/mol. The molecule has 1 heterocycles. The summed E-state index contributed by atoms with van der Waals surface area (Å²) in [6, 6.07) is 4.50. The third-order valence-electron chi connectivity index (χ3n) is 3.17. The van der Waals surface area contributed by atoms with Crippen LogP contribution < -0.4 is 15.4 Å². The molecule has 0 aliphatic carbocycles. The number of rotatable bonds is 6. The van der Waals surface area contributed by atoms with Crippen molar-refractivity contribution in [1.29, 1.82) is 0 Å². The molecule has 0 spiro atoms. The normalized spacial score (nSPS) is 11.7. The van der Waals surface area contributed by atoms with Crippen molar-refractivity contribution in [2.45, 2.75) is 26.6 Å². The van der Waals surface area contributed by atoms with Gasteiger partial charge in [-0.3, -0.25) is 4.99 Å². The fourth-order valence-corrected chi connectivity index (χ4v) is 2.87. The summed E-state index contributed by atoms with van der Waals surface area (Å²) in [5, 5.41) is 6.63. The number of benzene rings is 1. The summed E-state index contributed by atoms with van der Waals surface area (Å²) in [6.07, 6.45) is 0. The van der Waals surface area contributed by atoms with Gasteiger partial charge in [-0.2, -0.15) is 8.78 Å². The Morgan fingerprint density at radius 1 is 1.38 bits per heavy atom. The van der Waals surface area contributed by atoms with Gasteiger partial charge in [0.15, 0.2) is 5.96 Å². The minimum absolute atomic E-state index is 0.0793. The Morgan fingerprint density at radius 2 is 2.12 bits per heavy atom. The Kier molecular flexibility index (Phi) is 6.74. The highest BCUT2D eigenvalue weighted by atomic mass is 35.5. The van der Waals surface area contributed by atoms with Crippen LogP contribution >= 0.6 is 22.9 Å². The van der Waals surface area contributed by atoms with E-state index in [9.17, 15) is 8.78 Å². The summed E-state index contributed by atoms with van der Waals surface area (Å²) < 4.78 is 29.4. The summed E-state index contributed by atoms with van der Waals surface area (Å²) in [4.78, 5) is 9.38. The van der Waals surface area contributed by atoms with E-state index in [-0.39, 0.29) is 12.3 Å². The molecule has 2 aromatic rings. The molecule has 9 heteroatoms. The van der Waals surface area contributed by atoms with Gasteiger partial charge in [0.25, 0.3) is 0 Å². The number of aromatic nitrogens is 1. The number of nitrogens with zero attached hydrogens (tertiary/aromatic N) is 2. The lowest BCUT2D eigenvalue weighted by Crippen LogP contribution is -2.36. The van der Waals surface area contributed by atoms with Crippen molar-refractivity contribution in [1.82, 2.24) is 15.6 Å². The van der Waals surface area contributed by atoms with Crippen LogP contribution in [-0.2, 0) is 13.1 Å². The quantitative estimate of drug-likeness (QED) is 0.599. The molecule has 0 radical (unpaired) electrons. The standard InChI is InChI=1S/C15H17ClF2N4OS/c1-9-13(24-8-22-9)7-21-15(19-2)20-6-10-5-11(16)3-4-12(10)23-14(17)18/h3-5,8,14H,6-7H2,1-2H3,(H2,19,20,21). The van der Waals surface area contributed by atoms with Crippen LogP contribution in [0.15, 0.2) is 28.7 Å². The summed E-state index contributed by atoms with van der Waals surface area (Å²) >= 11 is 7.48. The van der Waals surface area contributed by atoms with Crippen LogP contribution in [0.25, 0.3) is 0 Å². The highest BCUT2D eigenvalue weighted by Crippen LogP contribution is 2.24. The van der Waals surface area contributed by atoms with E-state index in [1.165, 1.54) is 12.1 Å². The monoisotopic (exact) mass is 374 g/mol. The maximum absolute atomic E-state index is 12.5. The van der Waals surface area contributed by atoms with Gasteiger partial charge in [0.1, 0.15) is 5.75 Å². The zero-order valence-electron chi connectivity index (χ0n) is 13.1. The molecule has 0 unspecified atom stereocenters. The van der Waals surface area contributed by atoms with Crippen molar-refractivity contribution in [3.05, 3.63) is 44.9 Å². The Balaban J connectivity index is 1.97. The summed E-state index contributed by atoms with van der Waals surface area (Å²) in [5.74, 6) is 0.612. The molecule has 2 N–H and O–H groups in total. The van der Waals surface area contributed by atoms with Gasteiger partial charge in [-0.25, -0.2) is 4.98 Å². The third-order valence-corrected chi connectivity index (χ3v) is 4.34. The van der Waals surface area contributed by atoms with Gasteiger partial charge in [-0.05, 0) is 25.1 Å². The zero-order chi connectivity index (χ0) is 17.5. The fourth-order valence-electron chi connectivity index (χ4n) is 1.96. The largest absolute Gasteiger partial charge is 0.434 e. The molecule has 0 atom stereocenters. The van der Waals surface area contributed by atoms with Crippen molar-refractivity contribution < 1.29 is 13.5 Å². The molecule has 24 heavy (non-hydrogen) atoms. The zero-order valence-corrected chi connectivity index (χ0v) is 14.7. The fraction of sp³-hybridized carbons (Fsp3) is 0.333. The van der Waals surface area contributed by atoms with Crippen molar-refractivity contribution >= 4 is 28.9 Å². The second kappa shape index (κ2) is 8.79. The number of halogens is 3. The van der Waals surface area contributed by atoms with E-state index in [1.54, 1.807) is 30.0 Å². The van der Waals surface area contributed by atoms with E-state index in [0.717, 1.165) is 10.6 Å².